The molecular weight excluding hydrogens is 274 g/mol. The number of methoxy groups -OCH3 is 1. The number of thiophene rings is 1. The molecule has 0 saturated heterocycles. The number of hydrogen-bond donors (Lipinski definition) is 2. The molecule has 0 spiro atoms. The molecule has 2 rings (SSSR count). The lowest BCUT2D eigenvalue weighted by molar-refractivity contribution is 0.0837. The van der Waals surface area contributed by atoms with Gasteiger partial charge in [0.2, 0.25) is 0 Å². The monoisotopic (exact) mass is 291 g/mol. The van der Waals surface area contributed by atoms with Crippen LogP contribution in [0.5, 0.6) is 0 Å². The summed E-state index contributed by atoms with van der Waals surface area (Å²) in [6.07, 6.45) is 1.48. The Labute approximate surface area is 122 Å². The number of hydrogen-bond acceptors (Lipinski definition) is 5. The summed E-state index contributed by atoms with van der Waals surface area (Å²) in [7, 11) is 3.41. The van der Waals surface area contributed by atoms with Gasteiger partial charge in [0.1, 0.15) is 11.9 Å². The van der Waals surface area contributed by atoms with E-state index in [0.29, 0.717) is 17.9 Å². The number of anilines is 1. The zero-order chi connectivity index (χ0) is 14.4. The molecule has 0 radical (unpaired) electrons. The maximum absolute atomic E-state index is 12.1. The molecule has 0 aliphatic heterocycles. The molecule has 0 unspecified atom stereocenters. The number of nitrogens with one attached hydrogen (secondary N) is 2. The maximum Gasteiger partial charge on any atom is 0.251 e. The summed E-state index contributed by atoms with van der Waals surface area (Å²) in [6, 6.07) is 7.36. The molecule has 2 aromatic heterocycles. The van der Waals surface area contributed by atoms with Crippen LogP contribution in [0.25, 0.3) is 0 Å². The third-order valence-corrected chi connectivity index (χ3v) is 3.84. The van der Waals surface area contributed by atoms with Crippen molar-refractivity contribution >= 4 is 23.1 Å². The number of ether oxygens (including phenoxy) is 1. The molecule has 2 aromatic rings. The molecule has 106 valence electrons. The van der Waals surface area contributed by atoms with Gasteiger partial charge in [-0.1, -0.05) is 6.07 Å². The SMILES string of the molecule is CNc1cc(C(=O)NC[C@@H](OC)c2cccs2)ccn1. The van der Waals surface area contributed by atoms with Gasteiger partial charge < -0.3 is 15.4 Å². The van der Waals surface area contributed by atoms with Crippen molar-refractivity contribution in [3.63, 3.8) is 0 Å². The smallest absolute Gasteiger partial charge is 0.251 e. The van der Waals surface area contributed by atoms with Crippen LogP contribution in [0.1, 0.15) is 21.3 Å². The number of amides is 1. The minimum absolute atomic E-state index is 0.121. The topological polar surface area (TPSA) is 63.2 Å². The van der Waals surface area contributed by atoms with Gasteiger partial charge >= 0.3 is 0 Å². The predicted octanol–water partition coefficient (Wildman–Crippen LogP) is 2.30. The molecule has 20 heavy (non-hydrogen) atoms. The minimum atomic E-state index is -0.137. The van der Waals surface area contributed by atoms with Crippen LogP contribution in [0.3, 0.4) is 0 Å². The Morgan fingerprint density at radius 3 is 3.00 bits per heavy atom. The summed E-state index contributed by atoms with van der Waals surface area (Å²) >= 11 is 1.61. The highest BCUT2D eigenvalue weighted by Gasteiger charge is 2.14. The zero-order valence-corrected chi connectivity index (χ0v) is 12.2. The highest BCUT2D eigenvalue weighted by Crippen LogP contribution is 2.21. The van der Waals surface area contributed by atoms with Gasteiger partial charge in [0.25, 0.3) is 5.91 Å². The Balaban J connectivity index is 1.97. The standard InChI is InChI=1S/C14H17N3O2S/c1-15-13-8-10(5-6-16-13)14(18)17-9-11(19-2)12-4-3-7-20-12/h3-8,11H,9H2,1-2H3,(H,15,16)(H,17,18)/t11-/m1/s1. The van der Waals surface area contributed by atoms with Crippen molar-refractivity contribution in [2.75, 3.05) is 26.0 Å². The number of pyridine rings is 1. The van der Waals surface area contributed by atoms with Gasteiger partial charge in [-0.15, -0.1) is 11.3 Å². The van der Waals surface area contributed by atoms with Crippen molar-refractivity contribution in [3.05, 3.63) is 46.3 Å². The fourth-order valence-corrected chi connectivity index (χ4v) is 2.57. The van der Waals surface area contributed by atoms with Crippen molar-refractivity contribution < 1.29 is 9.53 Å². The van der Waals surface area contributed by atoms with Crippen LogP contribution < -0.4 is 10.6 Å². The maximum atomic E-state index is 12.1. The number of carbonyl (C=O) groups is 1. The van der Waals surface area contributed by atoms with E-state index in [1.54, 1.807) is 43.8 Å². The van der Waals surface area contributed by atoms with E-state index in [9.17, 15) is 4.79 Å². The van der Waals surface area contributed by atoms with E-state index in [0.717, 1.165) is 4.88 Å². The average Bonchev–Trinajstić information content (AvgIpc) is 3.02. The largest absolute Gasteiger partial charge is 0.374 e. The lowest BCUT2D eigenvalue weighted by atomic mass is 10.2. The molecule has 0 aliphatic rings. The van der Waals surface area contributed by atoms with E-state index in [1.165, 1.54) is 0 Å². The van der Waals surface area contributed by atoms with E-state index >= 15 is 0 Å². The molecule has 1 amide bonds. The minimum Gasteiger partial charge on any atom is -0.374 e. The van der Waals surface area contributed by atoms with E-state index in [-0.39, 0.29) is 12.0 Å². The van der Waals surface area contributed by atoms with Crippen LogP contribution in [0.4, 0.5) is 5.82 Å². The number of nitrogens with zero attached hydrogens (tertiary/aromatic N) is 1. The molecule has 6 heteroatoms. The lowest BCUT2D eigenvalue weighted by Crippen LogP contribution is -2.28. The zero-order valence-electron chi connectivity index (χ0n) is 11.4. The molecule has 0 aromatic carbocycles. The molecule has 0 bridgehead atoms. The third-order valence-electron chi connectivity index (χ3n) is 2.87. The van der Waals surface area contributed by atoms with E-state index in [4.69, 9.17) is 4.74 Å². The van der Waals surface area contributed by atoms with Crippen LogP contribution in [0.15, 0.2) is 35.8 Å². The Bertz CT molecular complexity index is 557. The van der Waals surface area contributed by atoms with E-state index in [1.807, 2.05) is 17.5 Å². The quantitative estimate of drug-likeness (QED) is 0.857. The van der Waals surface area contributed by atoms with Crippen molar-refractivity contribution in [3.8, 4) is 0 Å². The Morgan fingerprint density at radius 2 is 2.35 bits per heavy atom. The Kier molecular flexibility index (Phi) is 5.09. The first-order chi connectivity index (χ1) is 9.74. The highest BCUT2D eigenvalue weighted by molar-refractivity contribution is 7.10. The van der Waals surface area contributed by atoms with Crippen LogP contribution in [0.2, 0.25) is 0 Å². The molecule has 0 aliphatic carbocycles. The van der Waals surface area contributed by atoms with Gasteiger partial charge in [-0.25, -0.2) is 4.98 Å². The number of rotatable bonds is 6. The first-order valence-corrected chi connectivity index (χ1v) is 7.10. The molecule has 2 heterocycles. The fourth-order valence-electron chi connectivity index (χ4n) is 1.77. The summed E-state index contributed by atoms with van der Waals surface area (Å²) in [5.74, 6) is 0.529. The second kappa shape index (κ2) is 7.02. The van der Waals surface area contributed by atoms with Gasteiger partial charge in [0.05, 0.1) is 0 Å². The molecule has 0 fully saturated rings. The van der Waals surface area contributed by atoms with Crippen LogP contribution in [-0.4, -0.2) is 31.6 Å². The van der Waals surface area contributed by atoms with Crippen LogP contribution in [0, 0.1) is 0 Å². The summed E-state index contributed by atoms with van der Waals surface area (Å²) in [4.78, 5) is 17.3. The first kappa shape index (κ1) is 14.5. The Hall–Kier alpha value is -1.92. The lowest BCUT2D eigenvalue weighted by Gasteiger charge is -2.14. The summed E-state index contributed by atoms with van der Waals surface area (Å²) in [5, 5.41) is 7.77. The summed E-state index contributed by atoms with van der Waals surface area (Å²) in [5.41, 5.74) is 0.574. The van der Waals surface area contributed by atoms with Gasteiger partial charge in [0, 0.05) is 37.3 Å². The normalized spacial score (nSPS) is 11.9. The molecular formula is C14H17N3O2S. The Morgan fingerprint density at radius 1 is 1.50 bits per heavy atom. The molecule has 1 atom stereocenters. The van der Waals surface area contributed by atoms with Crippen LogP contribution in [-0.2, 0) is 4.74 Å². The number of aromatic nitrogens is 1. The van der Waals surface area contributed by atoms with E-state index < -0.39 is 0 Å². The third kappa shape index (κ3) is 3.55. The van der Waals surface area contributed by atoms with Gasteiger partial charge in [-0.3, -0.25) is 4.79 Å². The molecule has 5 nitrogen and oxygen atoms in total. The van der Waals surface area contributed by atoms with Gasteiger partial charge in [0.15, 0.2) is 0 Å². The van der Waals surface area contributed by atoms with Crippen molar-refractivity contribution in [2.45, 2.75) is 6.10 Å². The fraction of sp³-hybridized carbons (Fsp3) is 0.286. The van der Waals surface area contributed by atoms with Crippen molar-refractivity contribution in [2.24, 2.45) is 0 Å². The second-order valence-electron chi connectivity index (χ2n) is 4.13. The number of carbonyl (C=O) groups excluding carboxylic acids is 1. The molecule has 0 saturated carbocycles. The predicted molar refractivity (Wildman–Crippen MR) is 80.2 cm³/mol. The summed E-state index contributed by atoms with van der Waals surface area (Å²) < 4.78 is 5.40. The van der Waals surface area contributed by atoms with Crippen LogP contribution >= 0.6 is 11.3 Å². The van der Waals surface area contributed by atoms with Gasteiger partial charge in [-0.2, -0.15) is 0 Å². The van der Waals surface area contributed by atoms with E-state index in [2.05, 4.69) is 15.6 Å². The summed E-state index contributed by atoms with van der Waals surface area (Å²) in [6.45, 7) is 0.438. The second-order valence-corrected chi connectivity index (χ2v) is 5.11. The van der Waals surface area contributed by atoms with Crippen molar-refractivity contribution in [1.82, 2.24) is 10.3 Å². The first-order valence-electron chi connectivity index (χ1n) is 6.22. The van der Waals surface area contributed by atoms with Gasteiger partial charge in [-0.05, 0) is 23.6 Å². The van der Waals surface area contributed by atoms with Crippen molar-refractivity contribution in [1.29, 1.82) is 0 Å². The highest BCUT2D eigenvalue weighted by atomic mass is 32.1. The molecule has 2 N–H and O–H groups in total. The average molecular weight is 291 g/mol.